The van der Waals surface area contributed by atoms with Crippen LogP contribution in [0.3, 0.4) is 0 Å². The van der Waals surface area contributed by atoms with Crippen molar-refractivity contribution in [3.63, 3.8) is 0 Å². The molecule has 0 saturated carbocycles. The molecule has 2 aliphatic heterocycles. The molecule has 2 aliphatic rings. The summed E-state index contributed by atoms with van der Waals surface area (Å²) < 4.78 is 40.1. The van der Waals surface area contributed by atoms with Crippen LogP contribution in [0.5, 0.6) is 0 Å². The molecule has 1 unspecified atom stereocenters. The van der Waals surface area contributed by atoms with Gasteiger partial charge in [0.25, 0.3) is 0 Å². The molecule has 39 heavy (non-hydrogen) atoms. The maximum Gasteiger partial charge on any atom is 0.416 e. The number of carbonyl (C=O) groups excluding carboxylic acids is 2. The topological polar surface area (TPSA) is 69.9 Å². The van der Waals surface area contributed by atoms with Crippen LogP contribution < -0.4 is 5.73 Å². The van der Waals surface area contributed by atoms with E-state index in [0.29, 0.717) is 17.2 Å². The van der Waals surface area contributed by atoms with Crippen LogP contribution in [0.1, 0.15) is 60.4 Å². The Labute approximate surface area is 228 Å². The van der Waals surface area contributed by atoms with E-state index in [1.807, 2.05) is 30.3 Å². The van der Waals surface area contributed by atoms with Gasteiger partial charge in [0.05, 0.1) is 12.1 Å². The van der Waals surface area contributed by atoms with E-state index in [4.69, 9.17) is 5.73 Å². The summed E-state index contributed by atoms with van der Waals surface area (Å²) in [7, 11) is 0. The highest BCUT2D eigenvalue weighted by Crippen LogP contribution is 2.32. The number of likely N-dealkylation sites (tertiary alicyclic amines) is 2. The van der Waals surface area contributed by atoms with E-state index in [0.717, 1.165) is 56.7 Å². The molecule has 2 fully saturated rings. The molecule has 2 N–H and O–H groups in total. The highest BCUT2D eigenvalue weighted by Gasteiger charge is 2.36. The SMILES string of the molecule is Cc1cc(CCN(CC(N)=O)C(=O)C(c2ccccc2)N2CCC(N3CCCCC3)CC2)cc(C(F)(F)F)c1. The second-order valence-corrected chi connectivity index (χ2v) is 10.9. The third kappa shape index (κ3) is 7.82. The predicted molar refractivity (Wildman–Crippen MR) is 145 cm³/mol. The summed E-state index contributed by atoms with van der Waals surface area (Å²) >= 11 is 0. The smallest absolute Gasteiger partial charge is 0.368 e. The summed E-state index contributed by atoms with van der Waals surface area (Å²) in [5.41, 5.74) is 6.59. The lowest BCUT2D eigenvalue weighted by Crippen LogP contribution is -2.51. The van der Waals surface area contributed by atoms with Crippen molar-refractivity contribution < 1.29 is 22.8 Å². The first-order valence-corrected chi connectivity index (χ1v) is 13.9. The van der Waals surface area contributed by atoms with Crippen molar-refractivity contribution in [2.45, 2.75) is 63.7 Å². The highest BCUT2D eigenvalue weighted by atomic mass is 19.4. The summed E-state index contributed by atoms with van der Waals surface area (Å²) in [5.74, 6) is -0.903. The number of amides is 2. The van der Waals surface area contributed by atoms with Crippen LogP contribution in [-0.2, 0) is 22.2 Å². The average Bonchev–Trinajstić information content (AvgIpc) is 2.91. The number of primary amides is 1. The fraction of sp³-hybridized carbons (Fsp3) is 0.533. The Balaban J connectivity index is 1.52. The molecule has 0 bridgehead atoms. The predicted octanol–water partition coefficient (Wildman–Crippen LogP) is 4.56. The minimum absolute atomic E-state index is 0.0934. The number of nitrogens with zero attached hydrogens (tertiary/aromatic N) is 3. The van der Waals surface area contributed by atoms with Crippen LogP contribution in [0.25, 0.3) is 0 Å². The molecule has 0 spiro atoms. The maximum absolute atomic E-state index is 14.1. The number of benzene rings is 2. The zero-order chi connectivity index (χ0) is 28.0. The lowest BCUT2D eigenvalue weighted by molar-refractivity contribution is -0.141. The van der Waals surface area contributed by atoms with Gasteiger partial charge in [-0.25, -0.2) is 0 Å². The van der Waals surface area contributed by atoms with Gasteiger partial charge in [-0.1, -0.05) is 48.4 Å². The Morgan fingerprint density at radius 3 is 2.28 bits per heavy atom. The Hall–Kier alpha value is -2.91. The van der Waals surface area contributed by atoms with Crippen molar-refractivity contribution in [1.82, 2.24) is 14.7 Å². The molecule has 0 radical (unpaired) electrons. The molecular weight excluding hydrogens is 505 g/mol. The van der Waals surface area contributed by atoms with Crippen molar-refractivity contribution in [2.75, 3.05) is 39.3 Å². The van der Waals surface area contributed by atoms with Crippen molar-refractivity contribution >= 4 is 11.8 Å². The van der Waals surface area contributed by atoms with Crippen LogP contribution in [0.4, 0.5) is 13.2 Å². The number of hydrogen-bond donors (Lipinski definition) is 1. The highest BCUT2D eigenvalue weighted by molar-refractivity contribution is 5.87. The molecule has 2 saturated heterocycles. The molecule has 0 aliphatic carbocycles. The second kappa shape index (κ2) is 13.0. The Morgan fingerprint density at radius 2 is 1.67 bits per heavy atom. The van der Waals surface area contributed by atoms with Gasteiger partial charge >= 0.3 is 6.18 Å². The van der Waals surface area contributed by atoms with E-state index in [1.165, 1.54) is 24.2 Å². The van der Waals surface area contributed by atoms with Gasteiger partial charge in [-0.05, 0) is 75.4 Å². The summed E-state index contributed by atoms with van der Waals surface area (Å²) in [5, 5.41) is 0. The number of nitrogens with two attached hydrogens (primary N) is 1. The van der Waals surface area contributed by atoms with Crippen molar-refractivity contribution in [1.29, 1.82) is 0 Å². The summed E-state index contributed by atoms with van der Waals surface area (Å²) in [6.07, 6.45) is 1.42. The summed E-state index contributed by atoms with van der Waals surface area (Å²) in [6, 6.07) is 13.3. The van der Waals surface area contributed by atoms with E-state index >= 15 is 0 Å². The minimum atomic E-state index is -4.46. The Kier molecular flexibility index (Phi) is 9.67. The number of piperidine rings is 2. The molecule has 6 nitrogen and oxygen atoms in total. The molecule has 1 atom stereocenters. The molecule has 2 heterocycles. The molecule has 2 aromatic carbocycles. The summed E-state index contributed by atoms with van der Waals surface area (Å²) in [6.45, 7) is 5.19. The first-order chi connectivity index (χ1) is 18.6. The van der Waals surface area contributed by atoms with Crippen LogP contribution >= 0.6 is 0 Å². The molecule has 212 valence electrons. The Bertz CT molecular complexity index is 1110. The number of carbonyl (C=O) groups is 2. The van der Waals surface area contributed by atoms with Gasteiger partial charge in [-0.2, -0.15) is 13.2 Å². The van der Waals surface area contributed by atoms with Crippen molar-refractivity contribution in [3.8, 4) is 0 Å². The minimum Gasteiger partial charge on any atom is -0.368 e. The van der Waals surface area contributed by atoms with E-state index in [1.54, 1.807) is 13.0 Å². The first kappa shape index (κ1) is 29.1. The Morgan fingerprint density at radius 1 is 1.00 bits per heavy atom. The molecule has 2 amide bonds. The van der Waals surface area contributed by atoms with E-state index in [9.17, 15) is 22.8 Å². The lowest BCUT2D eigenvalue weighted by atomic mass is 9.96. The normalized spacial score (nSPS) is 18.6. The van der Waals surface area contributed by atoms with Crippen LogP contribution in [0.2, 0.25) is 0 Å². The number of hydrogen-bond acceptors (Lipinski definition) is 4. The quantitative estimate of drug-likeness (QED) is 0.503. The summed E-state index contributed by atoms with van der Waals surface area (Å²) in [4.78, 5) is 32.2. The van der Waals surface area contributed by atoms with E-state index in [2.05, 4.69) is 9.80 Å². The fourth-order valence-electron chi connectivity index (χ4n) is 6.00. The molecule has 4 rings (SSSR count). The van der Waals surface area contributed by atoms with Crippen LogP contribution in [-0.4, -0.2) is 71.8 Å². The standard InChI is InChI=1S/C30H39F3N4O2/c1-22-18-23(20-25(19-22)30(31,32)33)10-15-37(21-27(34)38)29(39)28(24-8-4-2-5-9-24)36-16-11-26(12-17-36)35-13-6-3-7-14-35/h2,4-5,8-9,18-20,26,28H,3,6-7,10-17,21H2,1H3,(H2,34,38). The van der Waals surface area contributed by atoms with Crippen molar-refractivity contribution in [2.24, 2.45) is 5.73 Å². The molecule has 2 aromatic rings. The van der Waals surface area contributed by atoms with Crippen LogP contribution in [0, 0.1) is 6.92 Å². The van der Waals surface area contributed by atoms with Gasteiger partial charge in [0.2, 0.25) is 11.8 Å². The third-order valence-corrected chi connectivity index (χ3v) is 7.91. The fourth-order valence-corrected chi connectivity index (χ4v) is 6.00. The maximum atomic E-state index is 14.1. The van der Waals surface area contributed by atoms with Crippen LogP contribution in [0.15, 0.2) is 48.5 Å². The molecule has 0 aromatic heterocycles. The van der Waals surface area contributed by atoms with E-state index in [-0.39, 0.29) is 25.4 Å². The lowest BCUT2D eigenvalue weighted by Gasteiger charge is -2.43. The van der Waals surface area contributed by atoms with Gasteiger partial charge in [0.1, 0.15) is 6.04 Å². The van der Waals surface area contributed by atoms with Gasteiger partial charge < -0.3 is 15.5 Å². The van der Waals surface area contributed by atoms with Gasteiger partial charge in [0, 0.05) is 25.7 Å². The van der Waals surface area contributed by atoms with Gasteiger partial charge in [0.15, 0.2) is 0 Å². The number of alkyl halides is 3. The zero-order valence-electron chi connectivity index (χ0n) is 22.6. The average molecular weight is 545 g/mol. The largest absolute Gasteiger partial charge is 0.416 e. The number of halogens is 3. The van der Waals surface area contributed by atoms with Gasteiger partial charge in [-0.15, -0.1) is 0 Å². The number of rotatable bonds is 9. The monoisotopic (exact) mass is 544 g/mol. The van der Waals surface area contributed by atoms with E-state index < -0.39 is 23.7 Å². The third-order valence-electron chi connectivity index (χ3n) is 7.91. The number of aryl methyl sites for hydroxylation is 1. The van der Waals surface area contributed by atoms with Gasteiger partial charge in [-0.3, -0.25) is 14.5 Å². The zero-order valence-corrected chi connectivity index (χ0v) is 22.6. The second-order valence-electron chi connectivity index (χ2n) is 10.9. The molecule has 9 heteroatoms. The van der Waals surface area contributed by atoms with Crippen molar-refractivity contribution in [3.05, 3.63) is 70.8 Å². The molecular formula is C30H39F3N4O2. The first-order valence-electron chi connectivity index (χ1n) is 13.9.